The van der Waals surface area contributed by atoms with E-state index in [0.29, 0.717) is 12.8 Å². The van der Waals surface area contributed by atoms with Crippen LogP contribution in [-0.4, -0.2) is 34.4 Å². The van der Waals surface area contributed by atoms with Gasteiger partial charge in [-0.2, -0.15) is 0 Å². The highest BCUT2D eigenvalue weighted by Crippen LogP contribution is 2.50. The molecule has 0 aromatic carbocycles. The second kappa shape index (κ2) is 5.79. The molecule has 1 N–H and O–H groups in total. The van der Waals surface area contributed by atoms with Crippen molar-refractivity contribution < 1.29 is 33.7 Å². The van der Waals surface area contributed by atoms with E-state index in [2.05, 4.69) is 0 Å². The minimum Gasteiger partial charge on any atom is -0.511 e. The van der Waals surface area contributed by atoms with Crippen molar-refractivity contribution in [3.05, 3.63) is 11.3 Å². The fourth-order valence-electron chi connectivity index (χ4n) is 2.87. The van der Waals surface area contributed by atoms with Gasteiger partial charge in [0.05, 0.1) is 6.42 Å². The number of aliphatic hydroxyl groups is 1. The SMILES string of the molecule is CC(C)(C)OC(=O)CC1(C(O)=C2C(=O)OC(C)(C)OC2=O)CCC1. The van der Waals surface area contributed by atoms with E-state index >= 15 is 0 Å². The van der Waals surface area contributed by atoms with Crippen LogP contribution in [0.1, 0.15) is 60.3 Å². The number of esters is 3. The molecule has 7 heteroatoms. The molecule has 1 aliphatic heterocycles. The number of hydrogen-bond donors (Lipinski definition) is 1. The van der Waals surface area contributed by atoms with Crippen LogP contribution in [0.5, 0.6) is 0 Å². The minimum absolute atomic E-state index is 0.108. The third-order valence-corrected chi connectivity index (χ3v) is 4.04. The Hall–Kier alpha value is -2.05. The van der Waals surface area contributed by atoms with Crippen LogP contribution in [0.15, 0.2) is 11.3 Å². The van der Waals surface area contributed by atoms with Crippen molar-refractivity contribution in [1.82, 2.24) is 0 Å². The average molecular weight is 340 g/mol. The first kappa shape index (κ1) is 18.3. The van der Waals surface area contributed by atoms with Crippen LogP contribution in [0.3, 0.4) is 0 Å². The third kappa shape index (κ3) is 3.71. The van der Waals surface area contributed by atoms with Gasteiger partial charge in [-0.25, -0.2) is 9.59 Å². The molecule has 1 saturated carbocycles. The molecule has 1 aliphatic carbocycles. The standard InChI is InChI=1S/C17H24O7/c1-15(2,3)22-10(18)9-17(7-6-8-17)12(19)11-13(20)23-16(4,5)24-14(11)21/h19H,6-9H2,1-5H3. The number of cyclic esters (lactones) is 2. The lowest BCUT2D eigenvalue weighted by atomic mass is 9.64. The summed E-state index contributed by atoms with van der Waals surface area (Å²) >= 11 is 0. The minimum atomic E-state index is -1.38. The lowest BCUT2D eigenvalue weighted by Crippen LogP contribution is -2.45. The Morgan fingerprint density at radius 1 is 1.17 bits per heavy atom. The summed E-state index contributed by atoms with van der Waals surface area (Å²) < 4.78 is 15.3. The van der Waals surface area contributed by atoms with Crippen LogP contribution in [0.2, 0.25) is 0 Å². The maximum Gasteiger partial charge on any atom is 0.352 e. The van der Waals surface area contributed by atoms with Crippen molar-refractivity contribution in [1.29, 1.82) is 0 Å². The summed E-state index contributed by atoms with van der Waals surface area (Å²) in [5.41, 5.74) is -2.16. The normalized spacial score (nSPS) is 22.1. The maximum atomic E-state index is 12.1. The highest BCUT2D eigenvalue weighted by molar-refractivity contribution is 6.16. The van der Waals surface area contributed by atoms with Gasteiger partial charge in [0, 0.05) is 19.3 Å². The molecule has 0 bridgehead atoms. The Bertz CT molecular complexity index is 581. The Morgan fingerprint density at radius 3 is 2.04 bits per heavy atom. The summed E-state index contributed by atoms with van der Waals surface area (Å²) in [7, 11) is 0. The molecule has 0 unspecified atom stereocenters. The Balaban J connectivity index is 2.28. The molecule has 0 radical (unpaired) electrons. The number of ether oxygens (including phenoxy) is 3. The predicted molar refractivity (Wildman–Crippen MR) is 82.7 cm³/mol. The number of aliphatic hydroxyl groups excluding tert-OH is 1. The predicted octanol–water partition coefficient (Wildman–Crippen LogP) is 2.54. The summed E-state index contributed by atoms with van der Waals surface area (Å²) in [5, 5.41) is 10.6. The second-order valence-corrected chi connectivity index (χ2v) is 7.80. The Kier molecular flexibility index (Phi) is 4.41. The molecule has 7 nitrogen and oxygen atoms in total. The van der Waals surface area contributed by atoms with Crippen molar-refractivity contribution in [2.24, 2.45) is 5.41 Å². The van der Waals surface area contributed by atoms with Gasteiger partial charge in [-0.15, -0.1) is 0 Å². The summed E-state index contributed by atoms with van der Waals surface area (Å²) in [6.45, 7) is 8.09. The van der Waals surface area contributed by atoms with Gasteiger partial charge in [0.2, 0.25) is 0 Å². The van der Waals surface area contributed by atoms with Crippen molar-refractivity contribution in [3.8, 4) is 0 Å². The first-order valence-corrected chi connectivity index (χ1v) is 7.97. The largest absolute Gasteiger partial charge is 0.511 e. The molecule has 0 atom stereocenters. The zero-order chi connectivity index (χ0) is 18.3. The third-order valence-electron chi connectivity index (χ3n) is 4.04. The molecule has 1 heterocycles. The Morgan fingerprint density at radius 2 is 1.67 bits per heavy atom. The summed E-state index contributed by atoms with van der Waals surface area (Å²) in [5.74, 6) is -4.19. The number of allylic oxidation sites excluding steroid dienone is 1. The van der Waals surface area contributed by atoms with Crippen molar-refractivity contribution in [2.45, 2.75) is 71.7 Å². The van der Waals surface area contributed by atoms with E-state index < -0.39 is 46.0 Å². The molecule has 2 fully saturated rings. The molecule has 0 aromatic heterocycles. The van der Waals surface area contributed by atoms with E-state index in [1.54, 1.807) is 20.8 Å². The highest BCUT2D eigenvalue weighted by Gasteiger charge is 2.50. The van der Waals surface area contributed by atoms with Gasteiger partial charge in [-0.05, 0) is 33.6 Å². The van der Waals surface area contributed by atoms with E-state index in [0.717, 1.165) is 6.42 Å². The molecular weight excluding hydrogens is 316 g/mol. The van der Waals surface area contributed by atoms with Gasteiger partial charge < -0.3 is 19.3 Å². The first-order valence-electron chi connectivity index (χ1n) is 7.97. The molecule has 0 aromatic rings. The molecular formula is C17H24O7. The van der Waals surface area contributed by atoms with Crippen LogP contribution >= 0.6 is 0 Å². The van der Waals surface area contributed by atoms with Crippen molar-refractivity contribution >= 4 is 17.9 Å². The number of hydrogen-bond acceptors (Lipinski definition) is 7. The maximum absolute atomic E-state index is 12.1. The number of rotatable bonds is 3. The van der Waals surface area contributed by atoms with E-state index in [4.69, 9.17) is 14.2 Å². The van der Waals surface area contributed by atoms with Gasteiger partial charge >= 0.3 is 17.9 Å². The zero-order valence-electron chi connectivity index (χ0n) is 14.7. The van der Waals surface area contributed by atoms with Crippen LogP contribution in [0.25, 0.3) is 0 Å². The van der Waals surface area contributed by atoms with Gasteiger partial charge in [-0.1, -0.05) is 6.42 Å². The number of carbonyl (C=O) groups is 3. The quantitative estimate of drug-likeness (QED) is 0.365. The highest BCUT2D eigenvalue weighted by atomic mass is 16.7. The van der Waals surface area contributed by atoms with E-state index in [1.807, 2.05) is 0 Å². The van der Waals surface area contributed by atoms with Crippen molar-refractivity contribution in [3.63, 3.8) is 0 Å². The van der Waals surface area contributed by atoms with E-state index in [1.165, 1.54) is 13.8 Å². The second-order valence-electron chi connectivity index (χ2n) is 7.80. The fourth-order valence-corrected chi connectivity index (χ4v) is 2.87. The molecule has 2 rings (SSSR count). The molecule has 1 saturated heterocycles. The average Bonchev–Trinajstić information content (AvgIpc) is 2.28. The summed E-state index contributed by atoms with van der Waals surface area (Å²) in [4.78, 5) is 36.3. The summed E-state index contributed by atoms with van der Waals surface area (Å²) in [6.07, 6.45) is 1.62. The monoisotopic (exact) mass is 340 g/mol. The molecule has 24 heavy (non-hydrogen) atoms. The molecule has 0 amide bonds. The first-order chi connectivity index (χ1) is 10.9. The van der Waals surface area contributed by atoms with E-state index in [-0.39, 0.29) is 6.42 Å². The van der Waals surface area contributed by atoms with Gasteiger partial charge in [0.1, 0.15) is 11.4 Å². The lowest BCUT2D eigenvalue weighted by Gasteiger charge is -2.42. The van der Waals surface area contributed by atoms with Gasteiger partial charge in [0.25, 0.3) is 5.79 Å². The summed E-state index contributed by atoms with van der Waals surface area (Å²) in [6, 6.07) is 0. The molecule has 2 aliphatic rings. The van der Waals surface area contributed by atoms with Crippen LogP contribution in [0, 0.1) is 5.41 Å². The molecule has 0 spiro atoms. The smallest absolute Gasteiger partial charge is 0.352 e. The Labute approximate surface area is 140 Å². The number of carbonyl (C=O) groups excluding carboxylic acids is 3. The van der Waals surface area contributed by atoms with Crippen LogP contribution < -0.4 is 0 Å². The lowest BCUT2D eigenvalue weighted by molar-refractivity contribution is -0.223. The van der Waals surface area contributed by atoms with Crippen LogP contribution in [0.4, 0.5) is 0 Å². The van der Waals surface area contributed by atoms with Gasteiger partial charge in [0.15, 0.2) is 5.57 Å². The van der Waals surface area contributed by atoms with Gasteiger partial charge in [-0.3, -0.25) is 4.79 Å². The topological polar surface area (TPSA) is 99.1 Å². The van der Waals surface area contributed by atoms with E-state index in [9.17, 15) is 19.5 Å². The van der Waals surface area contributed by atoms with Crippen LogP contribution in [-0.2, 0) is 28.6 Å². The van der Waals surface area contributed by atoms with Crippen molar-refractivity contribution in [2.75, 3.05) is 0 Å². The zero-order valence-corrected chi connectivity index (χ0v) is 14.7. The molecule has 134 valence electrons. The fraction of sp³-hybridized carbons (Fsp3) is 0.706.